The molecule has 3 N–H and O–H groups in total. The number of benzene rings is 1. The largest absolute Gasteiger partial charge is 0.507 e. The first-order chi connectivity index (χ1) is 6.61. The van der Waals surface area contributed by atoms with E-state index in [1.807, 2.05) is 0 Å². The Kier molecular flexibility index (Phi) is 3.33. The van der Waals surface area contributed by atoms with Crippen LogP contribution in [-0.4, -0.2) is 22.4 Å². The lowest BCUT2D eigenvalue weighted by Gasteiger charge is -2.11. The van der Waals surface area contributed by atoms with Crippen LogP contribution in [0.2, 0.25) is 0 Å². The number of hydrogen-bond acceptors (Lipinski definition) is 4. The van der Waals surface area contributed by atoms with Gasteiger partial charge < -0.3 is 20.1 Å². The third kappa shape index (κ3) is 1.81. The Morgan fingerprint density at radius 3 is 2.43 bits per heavy atom. The molecule has 1 rings (SSSR count). The summed E-state index contributed by atoms with van der Waals surface area (Å²) in [7, 11) is 1.51. The van der Waals surface area contributed by atoms with E-state index in [4.69, 9.17) is 9.84 Å². The summed E-state index contributed by atoms with van der Waals surface area (Å²) in [5.41, 5.74) is 1.32. The molecule has 0 spiro atoms. The molecule has 0 aliphatic heterocycles. The van der Waals surface area contributed by atoms with Crippen molar-refractivity contribution in [3.8, 4) is 11.5 Å². The van der Waals surface area contributed by atoms with Gasteiger partial charge in [0.15, 0.2) is 0 Å². The SMILES string of the molecule is COCc1cc(C)c(O)c(CO)c1O. The second kappa shape index (κ2) is 4.30. The Morgan fingerprint density at radius 1 is 1.29 bits per heavy atom. The lowest BCUT2D eigenvalue weighted by atomic mass is 10.0. The van der Waals surface area contributed by atoms with E-state index in [-0.39, 0.29) is 23.7 Å². The maximum atomic E-state index is 9.63. The van der Waals surface area contributed by atoms with Gasteiger partial charge in [0, 0.05) is 12.7 Å². The van der Waals surface area contributed by atoms with E-state index < -0.39 is 6.61 Å². The second-order valence-electron chi connectivity index (χ2n) is 3.12. The molecule has 4 heteroatoms. The van der Waals surface area contributed by atoms with Gasteiger partial charge >= 0.3 is 0 Å². The van der Waals surface area contributed by atoms with Gasteiger partial charge in [0.2, 0.25) is 0 Å². The van der Waals surface area contributed by atoms with Crippen LogP contribution in [-0.2, 0) is 18.0 Å². The number of ether oxygens (including phenoxy) is 1. The summed E-state index contributed by atoms with van der Waals surface area (Å²) < 4.78 is 4.88. The number of rotatable bonds is 3. The Morgan fingerprint density at radius 2 is 1.93 bits per heavy atom. The highest BCUT2D eigenvalue weighted by Crippen LogP contribution is 2.34. The summed E-state index contributed by atoms with van der Waals surface area (Å²) in [6.45, 7) is 1.56. The first-order valence-corrected chi connectivity index (χ1v) is 4.24. The molecule has 1 aromatic carbocycles. The highest BCUT2D eigenvalue weighted by atomic mass is 16.5. The molecule has 0 unspecified atom stereocenters. The lowest BCUT2D eigenvalue weighted by molar-refractivity contribution is 0.181. The predicted octanol–water partition coefficient (Wildman–Crippen LogP) is 1.04. The summed E-state index contributed by atoms with van der Waals surface area (Å²) in [6, 6.07) is 1.63. The van der Waals surface area contributed by atoms with Gasteiger partial charge in [-0.15, -0.1) is 0 Å². The zero-order chi connectivity index (χ0) is 10.7. The minimum Gasteiger partial charge on any atom is -0.507 e. The van der Waals surface area contributed by atoms with Gasteiger partial charge in [-0.25, -0.2) is 0 Å². The van der Waals surface area contributed by atoms with Crippen LogP contribution in [0.25, 0.3) is 0 Å². The Hall–Kier alpha value is -1.26. The minimum atomic E-state index is -0.393. The molecular weight excluding hydrogens is 184 g/mol. The summed E-state index contributed by atoms with van der Waals surface area (Å²) in [4.78, 5) is 0. The number of aliphatic hydroxyl groups is 1. The maximum absolute atomic E-state index is 9.63. The number of aliphatic hydroxyl groups excluding tert-OH is 1. The molecule has 0 amide bonds. The van der Waals surface area contributed by atoms with Crippen molar-refractivity contribution < 1.29 is 20.1 Å². The topological polar surface area (TPSA) is 69.9 Å². The van der Waals surface area contributed by atoms with Gasteiger partial charge in [-0.3, -0.25) is 0 Å². The van der Waals surface area contributed by atoms with Crippen molar-refractivity contribution >= 4 is 0 Å². The first kappa shape index (κ1) is 10.8. The lowest BCUT2D eigenvalue weighted by Crippen LogP contribution is -1.95. The molecule has 0 saturated carbocycles. The molecule has 14 heavy (non-hydrogen) atoms. The van der Waals surface area contributed by atoms with Gasteiger partial charge in [-0.1, -0.05) is 0 Å². The molecule has 0 aromatic heterocycles. The van der Waals surface area contributed by atoms with Gasteiger partial charge in [-0.05, 0) is 18.6 Å². The van der Waals surface area contributed by atoms with Crippen LogP contribution in [0.4, 0.5) is 0 Å². The zero-order valence-electron chi connectivity index (χ0n) is 8.24. The van der Waals surface area contributed by atoms with E-state index in [0.717, 1.165) is 0 Å². The molecule has 0 aliphatic carbocycles. The number of phenols is 2. The fourth-order valence-corrected chi connectivity index (χ4v) is 1.36. The molecule has 0 atom stereocenters. The van der Waals surface area contributed by atoms with E-state index in [1.165, 1.54) is 7.11 Å². The van der Waals surface area contributed by atoms with Crippen molar-refractivity contribution in [2.24, 2.45) is 0 Å². The van der Waals surface area contributed by atoms with Crippen LogP contribution in [0.1, 0.15) is 16.7 Å². The van der Waals surface area contributed by atoms with Crippen molar-refractivity contribution in [1.29, 1.82) is 0 Å². The molecule has 1 aromatic rings. The average Bonchev–Trinajstić information content (AvgIpc) is 2.16. The smallest absolute Gasteiger partial charge is 0.130 e. The minimum absolute atomic E-state index is 0.0650. The molecule has 0 fully saturated rings. The Balaban J connectivity index is 3.27. The maximum Gasteiger partial charge on any atom is 0.130 e. The van der Waals surface area contributed by atoms with E-state index in [0.29, 0.717) is 11.1 Å². The van der Waals surface area contributed by atoms with Crippen LogP contribution in [0.3, 0.4) is 0 Å². The highest BCUT2D eigenvalue weighted by Gasteiger charge is 2.13. The predicted molar refractivity (Wildman–Crippen MR) is 51.1 cm³/mol. The molecule has 78 valence electrons. The van der Waals surface area contributed by atoms with Crippen molar-refractivity contribution in [2.75, 3.05) is 7.11 Å². The van der Waals surface area contributed by atoms with Crippen LogP contribution in [0.15, 0.2) is 6.07 Å². The Labute approximate surface area is 82.4 Å². The Bertz CT molecular complexity index is 333. The van der Waals surface area contributed by atoms with Gasteiger partial charge in [0.25, 0.3) is 0 Å². The van der Waals surface area contributed by atoms with E-state index >= 15 is 0 Å². The monoisotopic (exact) mass is 198 g/mol. The van der Waals surface area contributed by atoms with Crippen LogP contribution in [0.5, 0.6) is 11.5 Å². The van der Waals surface area contributed by atoms with Crippen molar-refractivity contribution in [3.05, 3.63) is 22.8 Å². The first-order valence-electron chi connectivity index (χ1n) is 4.24. The van der Waals surface area contributed by atoms with E-state index in [2.05, 4.69) is 0 Å². The normalized spacial score (nSPS) is 10.5. The molecule has 0 bridgehead atoms. The number of methoxy groups -OCH3 is 1. The average molecular weight is 198 g/mol. The standard InChI is InChI=1S/C10H14O4/c1-6-3-7(5-14-2)10(13)8(4-11)9(6)12/h3,11-13H,4-5H2,1-2H3. The van der Waals surface area contributed by atoms with Crippen LogP contribution < -0.4 is 0 Å². The van der Waals surface area contributed by atoms with Crippen LogP contribution in [0, 0.1) is 6.92 Å². The molecule has 0 saturated heterocycles. The fraction of sp³-hybridized carbons (Fsp3) is 0.400. The summed E-state index contributed by atoms with van der Waals surface area (Å²) in [5.74, 6) is -0.165. The fourth-order valence-electron chi connectivity index (χ4n) is 1.36. The van der Waals surface area contributed by atoms with Crippen molar-refractivity contribution in [3.63, 3.8) is 0 Å². The van der Waals surface area contributed by atoms with E-state index in [9.17, 15) is 10.2 Å². The van der Waals surface area contributed by atoms with Crippen molar-refractivity contribution in [1.82, 2.24) is 0 Å². The van der Waals surface area contributed by atoms with Gasteiger partial charge in [-0.2, -0.15) is 0 Å². The highest BCUT2D eigenvalue weighted by molar-refractivity contribution is 5.52. The van der Waals surface area contributed by atoms with Gasteiger partial charge in [0.1, 0.15) is 11.5 Å². The summed E-state index contributed by atoms with van der Waals surface area (Å²) in [5, 5.41) is 28.1. The van der Waals surface area contributed by atoms with Crippen LogP contribution >= 0.6 is 0 Å². The molecule has 0 heterocycles. The molecular formula is C10H14O4. The summed E-state index contributed by atoms with van der Waals surface area (Å²) in [6.07, 6.45) is 0. The van der Waals surface area contributed by atoms with Gasteiger partial charge in [0.05, 0.1) is 18.8 Å². The van der Waals surface area contributed by atoms with E-state index in [1.54, 1.807) is 13.0 Å². The molecule has 0 aliphatic rings. The third-order valence-electron chi connectivity index (χ3n) is 2.10. The number of aryl methyl sites for hydroxylation is 1. The second-order valence-corrected chi connectivity index (χ2v) is 3.12. The zero-order valence-corrected chi connectivity index (χ0v) is 8.24. The van der Waals surface area contributed by atoms with Crippen molar-refractivity contribution in [2.45, 2.75) is 20.1 Å². The summed E-state index contributed by atoms with van der Waals surface area (Å²) >= 11 is 0. The molecule has 4 nitrogen and oxygen atoms in total. The number of aromatic hydroxyl groups is 2. The number of hydrogen-bond donors (Lipinski definition) is 3. The quantitative estimate of drug-likeness (QED) is 0.678. The third-order valence-corrected chi connectivity index (χ3v) is 2.10. The molecule has 0 radical (unpaired) electrons.